The van der Waals surface area contributed by atoms with Crippen molar-refractivity contribution in [2.24, 2.45) is 0 Å². The van der Waals surface area contributed by atoms with Crippen LogP contribution in [0, 0.1) is 18.3 Å². The maximum absolute atomic E-state index is 13.8. The number of aryl methyl sites for hydroxylation is 2. The minimum Gasteiger partial charge on any atom is -0.465 e. The van der Waals surface area contributed by atoms with Gasteiger partial charge in [0.2, 0.25) is 0 Å². The summed E-state index contributed by atoms with van der Waals surface area (Å²) in [4.78, 5) is 31.6. The van der Waals surface area contributed by atoms with E-state index >= 15 is 0 Å². The highest BCUT2D eigenvalue weighted by Gasteiger charge is 2.19. The van der Waals surface area contributed by atoms with Gasteiger partial charge in [0.25, 0.3) is 5.56 Å². The summed E-state index contributed by atoms with van der Waals surface area (Å²) < 4.78 is 6.56. The van der Waals surface area contributed by atoms with Gasteiger partial charge < -0.3 is 4.74 Å². The van der Waals surface area contributed by atoms with Crippen molar-refractivity contribution in [2.75, 3.05) is 7.11 Å². The van der Waals surface area contributed by atoms with E-state index in [4.69, 9.17) is 9.72 Å². The highest BCUT2D eigenvalue weighted by atomic mass is 32.1. The average Bonchev–Trinajstić information content (AvgIpc) is 3.40. The molecule has 0 spiro atoms. The number of hydrogen-bond donors (Lipinski definition) is 0. The van der Waals surface area contributed by atoms with E-state index in [1.807, 2.05) is 60.8 Å². The van der Waals surface area contributed by atoms with Gasteiger partial charge in [-0.05, 0) is 54.0 Å². The summed E-state index contributed by atoms with van der Waals surface area (Å²) in [5.74, 6) is 0.222. The standard InChI is InChI=1S/C30H29N3O3S/c1-4-5-10-27-26(17-21-11-13-22(14-12-21)24-9-7-6-8-23(24)18-31)29(34)33(20(2)32-27)19-28-25(15-16-37-28)30(35)36-3/h6-9,11-16H,4-5,10,17,19H2,1-3H3. The summed E-state index contributed by atoms with van der Waals surface area (Å²) in [6, 6.07) is 19.5. The lowest BCUT2D eigenvalue weighted by atomic mass is 9.97. The number of esters is 1. The number of rotatable bonds is 9. The summed E-state index contributed by atoms with van der Waals surface area (Å²) in [7, 11) is 1.35. The Bertz CT molecular complexity index is 1510. The van der Waals surface area contributed by atoms with E-state index in [0.29, 0.717) is 28.9 Å². The molecular formula is C30H29N3O3S. The third-order valence-corrected chi connectivity index (χ3v) is 7.36. The number of nitrogens with zero attached hydrogens (tertiary/aromatic N) is 3. The summed E-state index contributed by atoms with van der Waals surface area (Å²) in [5, 5.41) is 11.3. The summed E-state index contributed by atoms with van der Waals surface area (Å²) >= 11 is 1.42. The number of ether oxygens (including phenoxy) is 1. The number of aromatic nitrogens is 2. The molecule has 0 aliphatic heterocycles. The van der Waals surface area contributed by atoms with Crippen LogP contribution in [0.15, 0.2) is 64.8 Å². The first-order valence-electron chi connectivity index (χ1n) is 12.3. The fourth-order valence-electron chi connectivity index (χ4n) is 4.41. The van der Waals surface area contributed by atoms with Gasteiger partial charge in [-0.1, -0.05) is 55.8 Å². The van der Waals surface area contributed by atoms with Gasteiger partial charge in [0.05, 0.1) is 36.5 Å². The monoisotopic (exact) mass is 511 g/mol. The molecule has 0 aliphatic carbocycles. The summed E-state index contributed by atoms with van der Waals surface area (Å²) in [5.41, 5.74) is 5.38. The Morgan fingerprint density at radius 3 is 2.59 bits per heavy atom. The quantitative estimate of drug-likeness (QED) is 0.260. The number of hydrogen-bond acceptors (Lipinski definition) is 6. The molecule has 4 aromatic rings. The third kappa shape index (κ3) is 5.71. The smallest absolute Gasteiger partial charge is 0.339 e. The molecular weight excluding hydrogens is 482 g/mol. The van der Waals surface area contributed by atoms with Crippen LogP contribution in [0.4, 0.5) is 0 Å². The van der Waals surface area contributed by atoms with Crippen molar-refractivity contribution >= 4 is 17.3 Å². The molecule has 37 heavy (non-hydrogen) atoms. The first-order chi connectivity index (χ1) is 18.0. The number of carbonyl (C=O) groups excluding carboxylic acids is 1. The minimum absolute atomic E-state index is 0.0817. The lowest BCUT2D eigenvalue weighted by molar-refractivity contribution is 0.0600. The van der Waals surface area contributed by atoms with Crippen LogP contribution in [0.2, 0.25) is 0 Å². The normalized spacial score (nSPS) is 10.8. The second-order valence-electron chi connectivity index (χ2n) is 8.86. The van der Waals surface area contributed by atoms with E-state index in [1.165, 1.54) is 18.4 Å². The van der Waals surface area contributed by atoms with Crippen LogP contribution < -0.4 is 5.56 Å². The topological polar surface area (TPSA) is 85.0 Å². The van der Waals surface area contributed by atoms with E-state index in [-0.39, 0.29) is 12.1 Å². The Balaban J connectivity index is 1.70. The molecule has 0 saturated heterocycles. The highest BCUT2D eigenvalue weighted by Crippen LogP contribution is 2.25. The largest absolute Gasteiger partial charge is 0.465 e. The zero-order chi connectivity index (χ0) is 26.4. The van der Waals surface area contributed by atoms with Crippen molar-refractivity contribution in [3.8, 4) is 17.2 Å². The minimum atomic E-state index is -0.409. The van der Waals surface area contributed by atoms with Gasteiger partial charge in [0.15, 0.2) is 0 Å². The van der Waals surface area contributed by atoms with Gasteiger partial charge >= 0.3 is 5.97 Å². The molecule has 188 valence electrons. The number of benzene rings is 2. The lowest BCUT2D eigenvalue weighted by Crippen LogP contribution is -2.30. The second kappa shape index (κ2) is 11.8. The van der Waals surface area contributed by atoms with E-state index in [1.54, 1.807) is 10.6 Å². The maximum atomic E-state index is 13.8. The van der Waals surface area contributed by atoms with E-state index in [0.717, 1.165) is 46.5 Å². The van der Waals surface area contributed by atoms with Crippen LogP contribution in [0.1, 0.15) is 63.2 Å². The Kier molecular flexibility index (Phi) is 8.32. The van der Waals surface area contributed by atoms with Crippen molar-refractivity contribution < 1.29 is 9.53 Å². The molecule has 2 aromatic carbocycles. The van der Waals surface area contributed by atoms with Crippen molar-refractivity contribution in [1.29, 1.82) is 5.26 Å². The molecule has 2 aromatic heterocycles. The third-order valence-electron chi connectivity index (χ3n) is 6.45. The average molecular weight is 512 g/mol. The molecule has 0 amide bonds. The molecule has 0 saturated carbocycles. The fourth-order valence-corrected chi connectivity index (χ4v) is 5.26. The SMILES string of the molecule is CCCCc1nc(C)n(Cc2sccc2C(=O)OC)c(=O)c1Cc1ccc(-c2ccccc2C#N)cc1. The van der Waals surface area contributed by atoms with E-state index < -0.39 is 5.97 Å². The Morgan fingerprint density at radius 1 is 1.14 bits per heavy atom. The Hall–Kier alpha value is -4.02. The summed E-state index contributed by atoms with van der Waals surface area (Å²) in [6.07, 6.45) is 3.15. The van der Waals surface area contributed by atoms with Gasteiger partial charge in [-0.15, -0.1) is 11.3 Å². The van der Waals surface area contributed by atoms with Gasteiger partial charge in [-0.3, -0.25) is 9.36 Å². The molecule has 4 rings (SSSR count). The van der Waals surface area contributed by atoms with Gasteiger partial charge in [0, 0.05) is 16.9 Å². The van der Waals surface area contributed by atoms with Crippen molar-refractivity contribution in [2.45, 2.75) is 46.1 Å². The van der Waals surface area contributed by atoms with Crippen LogP contribution >= 0.6 is 11.3 Å². The maximum Gasteiger partial charge on any atom is 0.339 e. The zero-order valence-corrected chi connectivity index (χ0v) is 22.1. The van der Waals surface area contributed by atoms with Gasteiger partial charge in [-0.25, -0.2) is 9.78 Å². The summed E-state index contributed by atoms with van der Waals surface area (Å²) in [6.45, 7) is 4.23. The van der Waals surface area contributed by atoms with Crippen LogP contribution in [-0.2, 0) is 24.1 Å². The van der Waals surface area contributed by atoms with E-state index in [9.17, 15) is 14.9 Å². The second-order valence-corrected chi connectivity index (χ2v) is 9.86. The number of unbranched alkanes of at least 4 members (excludes halogenated alkanes) is 1. The van der Waals surface area contributed by atoms with E-state index in [2.05, 4.69) is 13.0 Å². The molecule has 0 bridgehead atoms. The Morgan fingerprint density at radius 2 is 1.89 bits per heavy atom. The molecule has 0 unspecified atom stereocenters. The van der Waals surface area contributed by atoms with Gasteiger partial charge in [-0.2, -0.15) is 5.26 Å². The lowest BCUT2D eigenvalue weighted by Gasteiger charge is -2.16. The first-order valence-corrected chi connectivity index (χ1v) is 13.2. The first kappa shape index (κ1) is 26.1. The fraction of sp³-hybridized carbons (Fsp3) is 0.267. The van der Waals surface area contributed by atoms with Crippen LogP contribution in [0.25, 0.3) is 11.1 Å². The van der Waals surface area contributed by atoms with Crippen molar-refractivity contribution in [3.05, 3.63) is 109 Å². The molecule has 7 heteroatoms. The molecule has 0 fully saturated rings. The number of thiophene rings is 1. The molecule has 0 N–H and O–H groups in total. The van der Waals surface area contributed by atoms with Crippen molar-refractivity contribution in [1.82, 2.24) is 9.55 Å². The number of carbonyl (C=O) groups is 1. The van der Waals surface area contributed by atoms with Crippen molar-refractivity contribution in [3.63, 3.8) is 0 Å². The van der Waals surface area contributed by atoms with Crippen LogP contribution in [0.3, 0.4) is 0 Å². The Labute approximate surface area is 220 Å². The highest BCUT2D eigenvalue weighted by molar-refractivity contribution is 7.10. The predicted molar refractivity (Wildman–Crippen MR) is 146 cm³/mol. The molecule has 0 atom stereocenters. The molecule has 6 nitrogen and oxygen atoms in total. The zero-order valence-electron chi connectivity index (χ0n) is 21.3. The number of methoxy groups -OCH3 is 1. The van der Waals surface area contributed by atoms with Gasteiger partial charge in [0.1, 0.15) is 5.82 Å². The number of nitriles is 1. The predicted octanol–water partition coefficient (Wildman–Crippen LogP) is 5.92. The molecule has 0 radical (unpaired) electrons. The van der Waals surface area contributed by atoms with Crippen LogP contribution in [-0.4, -0.2) is 22.6 Å². The van der Waals surface area contributed by atoms with Crippen LogP contribution in [0.5, 0.6) is 0 Å². The molecule has 2 heterocycles. The molecule has 0 aliphatic rings.